The van der Waals surface area contributed by atoms with Gasteiger partial charge in [-0.15, -0.1) is 0 Å². The van der Waals surface area contributed by atoms with Crippen LogP contribution in [0.3, 0.4) is 0 Å². The van der Waals surface area contributed by atoms with Crippen molar-refractivity contribution in [2.24, 2.45) is 0 Å². The van der Waals surface area contributed by atoms with Crippen molar-refractivity contribution < 1.29 is 9.47 Å². The number of benzene rings is 2. The van der Waals surface area contributed by atoms with Crippen LogP contribution in [-0.4, -0.2) is 19.2 Å². The Hall–Kier alpha value is -2.29. The van der Waals surface area contributed by atoms with Crippen molar-refractivity contribution in [3.05, 3.63) is 42.6 Å². The van der Waals surface area contributed by atoms with Crippen LogP contribution in [0.15, 0.2) is 42.6 Å². The zero-order chi connectivity index (χ0) is 12.5. The topological polar surface area (TPSA) is 31.4 Å². The average Bonchev–Trinajstić information content (AvgIpc) is 2.45. The minimum absolute atomic E-state index is 0.702. The van der Waals surface area contributed by atoms with E-state index in [-0.39, 0.29) is 0 Å². The second kappa shape index (κ2) is 4.18. The molecule has 0 atom stereocenters. The lowest BCUT2D eigenvalue weighted by Gasteiger charge is -2.10. The van der Waals surface area contributed by atoms with Crippen molar-refractivity contribution >= 4 is 21.7 Å². The van der Waals surface area contributed by atoms with E-state index in [1.165, 1.54) is 5.39 Å². The standard InChI is InChI=1S/C15H13NO2/c1-17-14-7-12-11-6-4-3-5-10(11)9-16-13(12)8-15(14)18-2/h3-9H,1-2H3. The third kappa shape index (κ3) is 1.56. The Balaban J connectivity index is 2.43. The summed E-state index contributed by atoms with van der Waals surface area (Å²) >= 11 is 0. The van der Waals surface area contributed by atoms with E-state index in [9.17, 15) is 0 Å². The van der Waals surface area contributed by atoms with Crippen LogP contribution in [0.5, 0.6) is 11.5 Å². The van der Waals surface area contributed by atoms with Gasteiger partial charge in [-0.2, -0.15) is 0 Å². The van der Waals surface area contributed by atoms with Gasteiger partial charge in [-0.3, -0.25) is 4.98 Å². The van der Waals surface area contributed by atoms with Gasteiger partial charge in [0.15, 0.2) is 11.5 Å². The first-order valence-corrected chi connectivity index (χ1v) is 5.73. The Morgan fingerprint density at radius 3 is 2.39 bits per heavy atom. The lowest BCUT2D eigenvalue weighted by molar-refractivity contribution is 0.356. The molecular formula is C15H13NO2. The fraction of sp³-hybridized carbons (Fsp3) is 0.133. The van der Waals surface area contributed by atoms with Crippen LogP contribution in [0.25, 0.3) is 21.7 Å². The number of hydrogen-bond donors (Lipinski definition) is 0. The predicted molar refractivity (Wildman–Crippen MR) is 72.4 cm³/mol. The van der Waals surface area contributed by atoms with Gasteiger partial charge in [0.25, 0.3) is 0 Å². The zero-order valence-electron chi connectivity index (χ0n) is 10.3. The average molecular weight is 239 g/mol. The SMILES string of the molecule is COc1cc2ncc3ccccc3c2cc1OC. The first-order chi connectivity index (χ1) is 8.83. The molecule has 0 radical (unpaired) electrons. The van der Waals surface area contributed by atoms with Crippen molar-refractivity contribution in [2.45, 2.75) is 0 Å². The van der Waals surface area contributed by atoms with Crippen molar-refractivity contribution in [3.63, 3.8) is 0 Å². The van der Waals surface area contributed by atoms with Crippen molar-refractivity contribution in [2.75, 3.05) is 14.2 Å². The van der Waals surface area contributed by atoms with E-state index in [0.29, 0.717) is 5.75 Å². The van der Waals surface area contributed by atoms with Gasteiger partial charge >= 0.3 is 0 Å². The molecule has 0 saturated carbocycles. The molecule has 0 saturated heterocycles. The van der Waals surface area contributed by atoms with Crippen LogP contribution in [0.4, 0.5) is 0 Å². The Labute approximate surface area is 105 Å². The van der Waals surface area contributed by atoms with E-state index in [1.54, 1.807) is 14.2 Å². The molecule has 0 spiro atoms. The quantitative estimate of drug-likeness (QED) is 0.642. The molecule has 0 aliphatic heterocycles. The van der Waals surface area contributed by atoms with Crippen LogP contribution < -0.4 is 9.47 Å². The van der Waals surface area contributed by atoms with Gasteiger partial charge in [0.2, 0.25) is 0 Å². The molecular weight excluding hydrogens is 226 g/mol. The minimum Gasteiger partial charge on any atom is -0.493 e. The number of ether oxygens (including phenoxy) is 2. The summed E-state index contributed by atoms with van der Waals surface area (Å²) in [6.07, 6.45) is 1.88. The highest BCUT2D eigenvalue weighted by atomic mass is 16.5. The summed E-state index contributed by atoms with van der Waals surface area (Å²) in [5.74, 6) is 1.43. The third-order valence-electron chi connectivity index (χ3n) is 3.10. The summed E-state index contributed by atoms with van der Waals surface area (Å²) < 4.78 is 10.6. The third-order valence-corrected chi connectivity index (χ3v) is 3.10. The van der Waals surface area contributed by atoms with E-state index in [1.807, 2.05) is 30.5 Å². The number of methoxy groups -OCH3 is 2. The normalized spacial score (nSPS) is 10.8. The van der Waals surface area contributed by atoms with Gasteiger partial charge in [0.05, 0.1) is 19.7 Å². The molecule has 18 heavy (non-hydrogen) atoms. The van der Waals surface area contributed by atoms with E-state index >= 15 is 0 Å². The molecule has 0 fully saturated rings. The molecule has 3 rings (SSSR count). The second-order valence-corrected chi connectivity index (χ2v) is 4.07. The zero-order valence-corrected chi connectivity index (χ0v) is 10.3. The molecule has 90 valence electrons. The van der Waals surface area contributed by atoms with Crippen LogP contribution in [0.2, 0.25) is 0 Å². The summed E-state index contributed by atoms with van der Waals surface area (Å²) in [7, 11) is 3.27. The second-order valence-electron chi connectivity index (χ2n) is 4.07. The van der Waals surface area contributed by atoms with E-state index in [2.05, 4.69) is 17.1 Å². The lowest BCUT2D eigenvalue weighted by atomic mass is 10.1. The molecule has 0 aliphatic carbocycles. The highest BCUT2D eigenvalue weighted by Crippen LogP contribution is 2.34. The molecule has 1 aromatic heterocycles. The Bertz CT molecular complexity index is 722. The number of pyridine rings is 1. The number of rotatable bonds is 2. The summed E-state index contributed by atoms with van der Waals surface area (Å²) in [6, 6.07) is 12.1. The largest absolute Gasteiger partial charge is 0.493 e. The number of hydrogen-bond acceptors (Lipinski definition) is 3. The van der Waals surface area contributed by atoms with Gasteiger partial charge in [0.1, 0.15) is 0 Å². The van der Waals surface area contributed by atoms with Crippen molar-refractivity contribution in [1.82, 2.24) is 4.98 Å². The predicted octanol–water partition coefficient (Wildman–Crippen LogP) is 3.41. The Kier molecular flexibility index (Phi) is 2.52. The minimum atomic E-state index is 0.702. The maximum Gasteiger partial charge on any atom is 0.162 e. The van der Waals surface area contributed by atoms with Crippen LogP contribution in [0, 0.1) is 0 Å². The number of fused-ring (bicyclic) bond motifs is 3. The highest BCUT2D eigenvalue weighted by molar-refractivity contribution is 6.06. The first-order valence-electron chi connectivity index (χ1n) is 5.73. The van der Waals surface area contributed by atoms with Gasteiger partial charge in [-0.1, -0.05) is 24.3 Å². The molecule has 0 aliphatic rings. The lowest BCUT2D eigenvalue weighted by Crippen LogP contribution is -1.91. The summed E-state index contributed by atoms with van der Waals surface area (Å²) in [5, 5.41) is 3.37. The number of aromatic nitrogens is 1. The van der Waals surface area contributed by atoms with Crippen LogP contribution >= 0.6 is 0 Å². The fourth-order valence-electron chi connectivity index (χ4n) is 2.18. The maximum atomic E-state index is 5.34. The van der Waals surface area contributed by atoms with E-state index in [0.717, 1.165) is 22.0 Å². The summed E-state index contributed by atoms with van der Waals surface area (Å²) in [4.78, 5) is 4.46. The van der Waals surface area contributed by atoms with Gasteiger partial charge in [0, 0.05) is 23.0 Å². The molecule has 0 N–H and O–H groups in total. The van der Waals surface area contributed by atoms with Crippen molar-refractivity contribution in [1.29, 1.82) is 0 Å². The smallest absolute Gasteiger partial charge is 0.162 e. The fourth-order valence-corrected chi connectivity index (χ4v) is 2.18. The first kappa shape index (κ1) is 10.8. The van der Waals surface area contributed by atoms with E-state index in [4.69, 9.17) is 9.47 Å². The molecule has 2 aromatic carbocycles. The molecule has 0 amide bonds. The maximum absolute atomic E-state index is 5.34. The molecule has 1 heterocycles. The van der Waals surface area contributed by atoms with Crippen LogP contribution in [-0.2, 0) is 0 Å². The van der Waals surface area contributed by atoms with Gasteiger partial charge in [-0.05, 0) is 11.5 Å². The Morgan fingerprint density at radius 1 is 0.889 bits per heavy atom. The van der Waals surface area contributed by atoms with Crippen LogP contribution in [0.1, 0.15) is 0 Å². The summed E-state index contributed by atoms with van der Waals surface area (Å²) in [5.41, 5.74) is 0.909. The molecule has 0 bridgehead atoms. The van der Waals surface area contributed by atoms with Gasteiger partial charge in [-0.25, -0.2) is 0 Å². The van der Waals surface area contributed by atoms with Crippen molar-refractivity contribution in [3.8, 4) is 11.5 Å². The van der Waals surface area contributed by atoms with Gasteiger partial charge < -0.3 is 9.47 Å². The molecule has 3 aromatic rings. The monoisotopic (exact) mass is 239 g/mol. The number of nitrogens with zero attached hydrogens (tertiary/aromatic N) is 1. The van der Waals surface area contributed by atoms with E-state index < -0.39 is 0 Å². The Morgan fingerprint density at radius 2 is 1.61 bits per heavy atom. The molecule has 0 unspecified atom stereocenters. The molecule has 3 nitrogen and oxygen atoms in total. The highest BCUT2D eigenvalue weighted by Gasteiger charge is 2.08. The summed E-state index contributed by atoms with van der Waals surface area (Å²) in [6.45, 7) is 0. The molecule has 3 heteroatoms.